The maximum Gasteiger partial charge on any atom is 0.223 e. The lowest BCUT2D eigenvalue weighted by Gasteiger charge is -2.23. The van der Waals surface area contributed by atoms with E-state index in [1.54, 1.807) is 4.90 Å². The van der Waals surface area contributed by atoms with Gasteiger partial charge in [-0.3, -0.25) is 4.79 Å². The van der Waals surface area contributed by atoms with Gasteiger partial charge in [0.1, 0.15) is 11.6 Å². The quantitative estimate of drug-likeness (QED) is 0.781. The second kappa shape index (κ2) is 6.79. The van der Waals surface area contributed by atoms with Crippen molar-refractivity contribution in [1.82, 2.24) is 4.90 Å². The van der Waals surface area contributed by atoms with Crippen molar-refractivity contribution in [2.45, 2.75) is 44.7 Å². The number of hydrogen-bond acceptors (Lipinski definition) is 2. The van der Waals surface area contributed by atoms with E-state index in [9.17, 15) is 13.6 Å². The van der Waals surface area contributed by atoms with Gasteiger partial charge < -0.3 is 10.0 Å². The van der Waals surface area contributed by atoms with Gasteiger partial charge in [0, 0.05) is 37.2 Å². The molecule has 1 amide bonds. The van der Waals surface area contributed by atoms with E-state index >= 15 is 0 Å². The second-order valence-electron chi connectivity index (χ2n) is 5.17. The van der Waals surface area contributed by atoms with Crippen molar-refractivity contribution in [3.05, 3.63) is 35.4 Å². The smallest absolute Gasteiger partial charge is 0.223 e. The Hall–Kier alpha value is -1.49. The Balaban J connectivity index is 2.00. The Kier molecular flexibility index (Phi) is 5.06. The zero-order chi connectivity index (χ0) is 14.5. The van der Waals surface area contributed by atoms with Crippen LogP contribution in [0.1, 0.15) is 37.7 Å². The largest absolute Gasteiger partial charge is 0.396 e. The summed E-state index contributed by atoms with van der Waals surface area (Å²) in [7, 11) is 0. The molecule has 0 aliphatic heterocycles. The summed E-state index contributed by atoms with van der Waals surface area (Å²) >= 11 is 0. The number of aliphatic hydroxyl groups excluding tert-OH is 1. The van der Waals surface area contributed by atoms with E-state index in [2.05, 4.69) is 0 Å². The third kappa shape index (κ3) is 4.00. The lowest BCUT2D eigenvalue weighted by atomic mass is 10.1. The molecule has 2 rings (SSSR count). The van der Waals surface area contributed by atoms with Gasteiger partial charge in [0.2, 0.25) is 5.91 Å². The summed E-state index contributed by atoms with van der Waals surface area (Å²) < 4.78 is 26.5. The van der Waals surface area contributed by atoms with E-state index in [0.29, 0.717) is 24.8 Å². The number of amides is 1. The lowest BCUT2D eigenvalue weighted by Crippen LogP contribution is -2.32. The number of hydrogen-bond donors (Lipinski definition) is 1. The van der Waals surface area contributed by atoms with Crippen LogP contribution < -0.4 is 0 Å². The standard InChI is InChI=1S/C15H19F2NO2/c16-12-5-4-11(14(17)9-12)10-18(13-6-7-13)15(20)3-1-2-8-19/h4-5,9,13,19H,1-3,6-8,10H2. The van der Waals surface area contributed by atoms with Crippen LogP contribution in [0.3, 0.4) is 0 Å². The molecule has 0 radical (unpaired) electrons. The number of carbonyl (C=O) groups excluding carboxylic acids is 1. The van der Waals surface area contributed by atoms with Crippen LogP contribution in [0, 0.1) is 11.6 Å². The fourth-order valence-corrected chi connectivity index (χ4v) is 2.17. The minimum Gasteiger partial charge on any atom is -0.396 e. The topological polar surface area (TPSA) is 40.5 Å². The zero-order valence-corrected chi connectivity index (χ0v) is 11.3. The van der Waals surface area contributed by atoms with Gasteiger partial charge in [-0.05, 0) is 31.7 Å². The second-order valence-corrected chi connectivity index (χ2v) is 5.17. The average molecular weight is 283 g/mol. The first-order valence-electron chi connectivity index (χ1n) is 6.96. The Bertz CT molecular complexity index is 475. The molecule has 0 aromatic heterocycles. The number of rotatable bonds is 7. The van der Waals surface area contributed by atoms with E-state index in [-0.39, 0.29) is 25.1 Å². The molecule has 1 N–H and O–H groups in total. The molecule has 20 heavy (non-hydrogen) atoms. The van der Waals surface area contributed by atoms with E-state index in [1.165, 1.54) is 12.1 Å². The van der Waals surface area contributed by atoms with Crippen LogP contribution in [-0.4, -0.2) is 28.6 Å². The molecule has 0 spiro atoms. The Morgan fingerprint density at radius 1 is 1.30 bits per heavy atom. The third-order valence-corrected chi connectivity index (χ3v) is 3.46. The predicted molar refractivity (Wildman–Crippen MR) is 70.9 cm³/mol. The monoisotopic (exact) mass is 283 g/mol. The summed E-state index contributed by atoms with van der Waals surface area (Å²) in [6.07, 6.45) is 3.46. The molecule has 0 saturated heterocycles. The lowest BCUT2D eigenvalue weighted by molar-refractivity contribution is -0.132. The highest BCUT2D eigenvalue weighted by atomic mass is 19.1. The van der Waals surface area contributed by atoms with Gasteiger partial charge in [-0.2, -0.15) is 0 Å². The van der Waals surface area contributed by atoms with Gasteiger partial charge in [-0.25, -0.2) is 8.78 Å². The molecule has 1 aliphatic carbocycles. The molecule has 1 aromatic carbocycles. The maximum atomic E-state index is 13.7. The van der Waals surface area contributed by atoms with Crippen molar-refractivity contribution in [1.29, 1.82) is 0 Å². The highest BCUT2D eigenvalue weighted by Gasteiger charge is 2.32. The molecule has 0 heterocycles. The highest BCUT2D eigenvalue weighted by molar-refractivity contribution is 5.76. The van der Waals surface area contributed by atoms with Crippen LogP contribution in [-0.2, 0) is 11.3 Å². The molecule has 1 aliphatic rings. The number of unbranched alkanes of at least 4 members (excludes halogenated alkanes) is 1. The first kappa shape index (κ1) is 14.9. The van der Waals surface area contributed by atoms with Gasteiger partial charge in [-0.1, -0.05) is 6.07 Å². The predicted octanol–water partition coefficient (Wildman–Crippen LogP) is 2.62. The van der Waals surface area contributed by atoms with Crippen molar-refractivity contribution >= 4 is 5.91 Å². The minimum atomic E-state index is -0.613. The summed E-state index contributed by atoms with van der Waals surface area (Å²) in [5.74, 6) is -1.25. The van der Waals surface area contributed by atoms with Crippen molar-refractivity contribution in [3.8, 4) is 0 Å². The minimum absolute atomic E-state index is 0.0234. The number of benzene rings is 1. The number of aliphatic hydroxyl groups is 1. The molecule has 1 saturated carbocycles. The SMILES string of the molecule is O=C(CCCCO)N(Cc1ccc(F)cc1F)C1CC1. The Labute approximate surface area is 117 Å². The molecule has 1 aromatic rings. The fraction of sp³-hybridized carbons (Fsp3) is 0.533. The average Bonchev–Trinajstić information content (AvgIpc) is 3.22. The number of nitrogens with zero attached hydrogens (tertiary/aromatic N) is 1. The Morgan fingerprint density at radius 2 is 2.05 bits per heavy atom. The molecule has 3 nitrogen and oxygen atoms in total. The van der Waals surface area contributed by atoms with Crippen LogP contribution in [0.4, 0.5) is 8.78 Å². The summed E-state index contributed by atoms with van der Waals surface area (Å²) in [5.41, 5.74) is 0.341. The fourth-order valence-electron chi connectivity index (χ4n) is 2.17. The van der Waals surface area contributed by atoms with Crippen molar-refractivity contribution in [2.75, 3.05) is 6.61 Å². The van der Waals surface area contributed by atoms with E-state index in [1.807, 2.05) is 0 Å². The van der Waals surface area contributed by atoms with Gasteiger partial charge in [0.15, 0.2) is 0 Å². The van der Waals surface area contributed by atoms with Crippen molar-refractivity contribution < 1.29 is 18.7 Å². The van der Waals surface area contributed by atoms with Crippen LogP contribution >= 0.6 is 0 Å². The molecule has 0 unspecified atom stereocenters. The number of halogens is 2. The Morgan fingerprint density at radius 3 is 2.65 bits per heavy atom. The summed E-state index contributed by atoms with van der Waals surface area (Å²) in [4.78, 5) is 13.8. The third-order valence-electron chi connectivity index (χ3n) is 3.46. The van der Waals surface area contributed by atoms with E-state index < -0.39 is 11.6 Å². The molecular formula is C15H19F2NO2. The molecule has 0 bridgehead atoms. The highest BCUT2D eigenvalue weighted by Crippen LogP contribution is 2.29. The number of carbonyl (C=O) groups is 1. The van der Waals surface area contributed by atoms with Crippen molar-refractivity contribution in [2.24, 2.45) is 0 Å². The molecule has 1 fully saturated rings. The van der Waals surface area contributed by atoms with Gasteiger partial charge in [0.05, 0.1) is 0 Å². The van der Waals surface area contributed by atoms with Gasteiger partial charge in [0.25, 0.3) is 0 Å². The first-order valence-corrected chi connectivity index (χ1v) is 6.96. The van der Waals surface area contributed by atoms with E-state index in [0.717, 1.165) is 18.9 Å². The van der Waals surface area contributed by atoms with Gasteiger partial charge >= 0.3 is 0 Å². The van der Waals surface area contributed by atoms with E-state index in [4.69, 9.17) is 5.11 Å². The molecule has 5 heteroatoms. The molecule has 110 valence electrons. The van der Waals surface area contributed by atoms with Gasteiger partial charge in [-0.15, -0.1) is 0 Å². The van der Waals surface area contributed by atoms with Crippen LogP contribution in [0.15, 0.2) is 18.2 Å². The first-order chi connectivity index (χ1) is 9.61. The normalized spacial score (nSPS) is 14.3. The van der Waals surface area contributed by atoms with Crippen molar-refractivity contribution in [3.63, 3.8) is 0 Å². The maximum absolute atomic E-state index is 13.7. The molecule has 0 atom stereocenters. The summed E-state index contributed by atoms with van der Waals surface area (Å²) in [6, 6.07) is 3.62. The van der Waals surface area contributed by atoms with Crippen LogP contribution in [0.5, 0.6) is 0 Å². The summed E-state index contributed by atoms with van der Waals surface area (Å²) in [5, 5.41) is 8.73. The van der Waals surface area contributed by atoms with Crippen LogP contribution in [0.25, 0.3) is 0 Å². The molecular weight excluding hydrogens is 264 g/mol. The summed E-state index contributed by atoms with van der Waals surface area (Å²) in [6.45, 7) is 0.262. The zero-order valence-electron chi connectivity index (χ0n) is 11.3. The van der Waals surface area contributed by atoms with Crippen LogP contribution in [0.2, 0.25) is 0 Å².